The van der Waals surface area contributed by atoms with Crippen molar-refractivity contribution in [3.05, 3.63) is 53.9 Å². The molecule has 1 aromatic carbocycles. The number of rotatable bonds is 7. The first-order chi connectivity index (χ1) is 11.5. The molecule has 0 saturated heterocycles. The van der Waals surface area contributed by atoms with Crippen LogP contribution in [0, 0.1) is 5.92 Å². The molecular weight excluding hydrogens is 308 g/mol. The molecule has 6 nitrogen and oxygen atoms in total. The van der Waals surface area contributed by atoms with E-state index < -0.39 is 5.97 Å². The van der Waals surface area contributed by atoms with E-state index in [2.05, 4.69) is 10.3 Å². The van der Waals surface area contributed by atoms with E-state index in [1.807, 2.05) is 13.8 Å². The van der Waals surface area contributed by atoms with Gasteiger partial charge in [-0.2, -0.15) is 0 Å². The lowest BCUT2D eigenvalue weighted by Gasteiger charge is -2.08. The summed E-state index contributed by atoms with van der Waals surface area (Å²) in [4.78, 5) is 38.1. The minimum Gasteiger partial charge on any atom is -0.453 e. The number of amides is 1. The molecule has 126 valence electrons. The van der Waals surface area contributed by atoms with E-state index in [4.69, 9.17) is 4.74 Å². The quantitative estimate of drug-likeness (QED) is 0.604. The summed E-state index contributed by atoms with van der Waals surface area (Å²) >= 11 is 0. The van der Waals surface area contributed by atoms with E-state index in [9.17, 15) is 14.4 Å². The normalized spacial score (nSPS) is 10.5. The van der Waals surface area contributed by atoms with Gasteiger partial charge in [0.05, 0.1) is 0 Å². The monoisotopic (exact) mass is 328 g/mol. The molecule has 1 heterocycles. The van der Waals surface area contributed by atoms with Gasteiger partial charge < -0.3 is 15.0 Å². The summed E-state index contributed by atoms with van der Waals surface area (Å²) in [5.74, 6) is -0.676. The lowest BCUT2D eigenvalue weighted by atomic mass is 10.1. The molecule has 0 aliphatic heterocycles. The number of ether oxygens (including phenoxy) is 1. The number of hydrogen-bond donors (Lipinski definition) is 2. The number of benzene rings is 1. The van der Waals surface area contributed by atoms with Crippen LogP contribution in [0.5, 0.6) is 0 Å². The molecule has 0 aliphatic carbocycles. The van der Waals surface area contributed by atoms with Crippen molar-refractivity contribution in [3.63, 3.8) is 0 Å². The average molecular weight is 328 g/mol. The number of Topliss-reactive ketones (excluding diaryl/α,β-unsaturated/α-hetero) is 1. The van der Waals surface area contributed by atoms with Gasteiger partial charge in [0.15, 0.2) is 12.4 Å². The van der Waals surface area contributed by atoms with Crippen LogP contribution >= 0.6 is 0 Å². The van der Waals surface area contributed by atoms with Crippen LogP contribution < -0.4 is 5.32 Å². The summed E-state index contributed by atoms with van der Waals surface area (Å²) in [5, 5.41) is 2.77. The van der Waals surface area contributed by atoms with Crippen molar-refractivity contribution in [1.82, 2.24) is 4.98 Å². The van der Waals surface area contributed by atoms with Gasteiger partial charge in [0.25, 0.3) is 0 Å². The predicted octanol–water partition coefficient (Wildman–Crippen LogP) is 3.04. The van der Waals surface area contributed by atoms with Crippen LogP contribution in [0.25, 0.3) is 0 Å². The minimum absolute atomic E-state index is 0.0658. The summed E-state index contributed by atoms with van der Waals surface area (Å²) < 4.78 is 4.95. The van der Waals surface area contributed by atoms with E-state index in [1.165, 1.54) is 0 Å². The number of carbonyl (C=O) groups excluding carboxylic acids is 3. The summed E-state index contributed by atoms with van der Waals surface area (Å²) in [6.07, 6.45) is 2.04. The first kappa shape index (κ1) is 17.5. The lowest BCUT2D eigenvalue weighted by Crippen LogP contribution is -2.15. The zero-order valence-corrected chi connectivity index (χ0v) is 13.7. The van der Waals surface area contributed by atoms with E-state index in [1.54, 1.807) is 42.6 Å². The number of aromatic nitrogens is 1. The van der Waals surface area contributed by atoms with Crippen LogP contribution in [0.1, 0.15) is 41.1 Å². The first-order valence-electron chi connectivity index (χ1n) is 7.69. The van der Waals surface area contributed by atoms with Gasteiger partial charge >= 0.3 is 5.97 Å². The Labute approximate surface area is 140 Å². The Morgan fingerprint density at radius 3 is 2.42 bits per heavy atom. The predicted molar refractivity (Wildman–Crippen MR) is 89.9 cm³/mol. The number of esters is 1. The van der Waals surface area contributed by atoms with Crippen LogP contribution in [0.3, 0.4) is 0 Å². The standard InChI is InChI=1S/C18H20N2O4/c1-12(2)10-17(22)20-14-7-5-13(6-8-14)16(21)11-24-18(23)15-4-3-9-19-15/h3-9,12,19H,10-11H2,1-2H3,(H,20,22). The summed E-state index contributed by atoms with van der Waals surface area (Å²) in [7, 11) is 0. The zero-order valence-electron chi connectivity index (χ0n) is 13.7. The van der Waals surface area contributed by atoms with Crippen molar-refractivity contribution < 1.29 is 19.1 Å². The highest BCUT2D eigenvalue weighted by molar-refractivity contribution is 5.99. The summed E-state index contributed by atoms with van der Waals surface area (Å²) in [6.45, 7) is 3.60. The van der Waals surface area contributed by atoms with Crippen molar-refractivity contribution in [2.75, 3.05) is 11.9 Å². The molecule has 2 N–H and O–H groups in total. The molecular formula is C18H20N2O4. The SMILES string of the molecule is CC(C)CC(=O)Nc1ccc(C(=O)COC(=O)c2ccc[nH]2)cc1. The van der Waals surface area contributed by atoms with Crippen molar-refractivity contribution in [2.24, 2.45) is 5.92 Å². The van der Waals surface area contributed by atoms with Crippen LogP contribution in [-0.2, 0) is 9.53 Å². The molecule has 0 aliphatic rings. The summed E-state index contributed by atoms with van der Waals surface area (Å²) in [5.41, 5.74) is 1.34. The maximum absolute atomic E-state index is 12.0. The molecule has 0 fully saturated rings. The number of H-pyrrole nitrogens is 1. The molecule has 6 heteroatoms. The fourth-order valence-corrected chi connectivity index (χ4v) is 2.07. The Kier molecular flexibility index (Phi) is 5.89. The second kappa shape index (κ2) is 8.10. The zero-order chi connectivity index (χ0) is 17.5. The van der Waals surface area contributed by atoms with Gasteiger partial charge in [-0.3, -0.25) is 9.59 Å². The maximum Gasteiger partial charge on any atom is 0.355 e. The largest absolute Gasteiger partial charge is 0.453 e. The van der Waals surface area contributed by atoms with Gasteiger partial charge in [0, 0.05) is 23.9 Å². The molecule has 0 atom stereocenters. The third-order valence-electron chi connectivity index (χ3n) is 3.24. The van der Waals surface area contributed by atoms with Crippen LogP contribution in [0.4, 0.5) is 5.69 Å². The third-order valence-corrected chi connectivity index (χ3v) is 3.24. The van der Waals surface area contributed by atoms with Gasteiger partial charge in [0.2, 0.25) is 5.91 Å². The number of ketones is 1. The molecule has 0 radical (unpaired) electrons. The Morgan fingerprint density at radius 1 is 1.12 bits per heavy atom. The molecule has 1 aromatic heterocycles. The molecule has 24 heavy (non-hydrogen) atoms. The second-order valence-electron chi connectivity index (χ2n) is 5.81. The number of aromatic amines is 1. The highest BCUT2D eigenvalue weighted by atomic mass is 16.5. The van der Waals surface area contributed by atoms with Crippen LogP contribution in [0.2, 0.25) is 0 Å². The molecule has 2 rings (SSSR count). The molecule has 1 amide bonds. The smallest absolute Gasteiger partial charge is 0.355 e. The average Bonchev–Trinajstić information content (AvgIpc) is 3.06. The number of carbonyl (C=O) groups is 3. The topological polar surface area (TPSA) is 88.3 Å². The van der Waals surface area contributed by atoms with Crippen molar-refractivity contribution in [2.45, 2.75) is 20.3 Å². The Balaban J connectivity index is 1.87. The van der Waals surface area contributed by atoms with Crippen molar-refractivity contribution in [1.29, 1.82) is 0 Å². The number of hydrogen-bond acceptors (Lipinski definition) is 4. The number of anilines is 1. The van der Waals surface area contributed by atoms with Gasteiger partial charge in [-0.1, -0.05) is 13.8 Å². The van der Waals surface area contributed by atoms with E-state index in [-0.39, 0.29) is 24.2 Å². The van der Waals surface area contributed by atoms with Gasteiger partial charge in [-0.25, -0.2) is 4.79 Å². The third kappa shape index (κ3) is 5.08. The van der Waals surface area contributed by atoms with Crippen LogP contribution in [0.15, 0.2) is 42.6 Å². The number of nitrogens with one attached hydrogen (secondary N) is 2. The highest BCUT2D eigenvalue weighted by Gasteiger charge is 2.12. The van der Waals surface area contributed by atoms with Gasteiger partial charge in [-0.15, -0.1) is 0 Å². The van der Waals surface area contributed by atoms with Crippen molar-refractivity contribution in [3.8, 4) is 0 Å². The lowest BCUT2D eigenvalue weighted by molar-refractivity contribution is -0.116. The Morgan fingerprint density at radius 2 is 1.83 bits per heavy atom. The molecule has 0 saturated carbocycles. The molecule has 0 bridgehead atoms. The molecule has 2 aromatic rings. The Bertz CT molecular complexity index is 703. The van der Waals surface area contributed by atoms with E-state index in [0.717, 1.165) is 0 Å². The van der Waals surface area contributed by atoms with E-state index in [0.29, 0.717) is 23.4 Å². The molecule has 0 unspecified atom stereocenters. The fourth-order valence-electron chi connectivity index (χ4n) is 2.07. The van der Waals surface area contributed by atoms with Gasteiger partial charge in [0.1, 0.15) is 5.69 Å². The van der Waals surface area contributed by atoms with Crippen LogP contribution in [-0.4, -0.2) is 29.3 Å². The van der Waals surface area contributed by atoms with Crippen molar-refractivity contribution >= 4 is 23.3 Å². The molecule has 0 spiro atoms. The Hall–Kier alpha value is -2.89. The van der Waals surface area contributed by atoms with Gasteiger partial charge in [-0.05, 0) is 42.3 Å². The van der Waals surface area contributed by atoms with E-state index >= 15 is 0 Å². The first-order valence-corrected chi connectivity index (χ1v) is 7.69. The highest BCUT2D eigenvalue weighted by Crippen LogP contribution is 2.12. The fraction of sp³-hybridized carbons (Fsp3) is 0.278. The maximum atomic E-state index is 12.0. The second-order valence-corrected chi connectivity index (χ2v) is 5.81. The summed E-state index contributed by atoms with van der Waals surface area (Å²) in [6, 6.07) is 9.73. The minimum atomic E-state index is -0.578.